The van der Waals surface area contributed by atoms with E-state index in [4.69, 9.17) is 4.42 Å². The molecular weight excluding hydrogens is 298 g/mol. The SMILES string of the molecule is CN(C)c1c(-c2ccccc2)c(=O)oc2c1ccc1ccccc12. The van der Waals surface area contributed by atoms with Crippen molar-refractivity contribution in [3.05, 3.63) is 77.2 Å². The molecule has 118 valence electrons. The van der Waals surface area contributed by atoms with E-state index in [9.17, 15) is 4.79 Å². The zero-order valence-electron chi connectivity index (χ0n) is 13.6. The minimum absolute atomic E-state index is 0.311. The zero-order chi connectivity index (χ0) is 16.7. The van der Waals surface area contributed by atoms with E-state index in [1.54, 1.807) is 0 Å². The molecule has 0 aliphatic rings. The second-order valence-electron chi connectivity index (χ2n) is 6.04. The van der Waals surface area contributed by atoms with E-state index >= 15 is 0 Å². The highest BCUT2D eigenvalue weighted by molar-refractivity contribution is 6.10. The Labute approximate surface area is 139 Å². The van der Waals surface area contributed by atoms with Crippen LogP contribution in [-0.2, 0) is 0 Å². The Morgan fingerprint density at radius 3 is 2.25 bits per heavy atom. The summed E-state index contributed by atoms with van der Waals surface area (Å²) in [4.78, 5) is 14.8. The van der Waals surface area contributed by atoms with Crippen LogP contribution in [0.25, 0.3) is 32.9 Å². The number of rotatable bonds is 2. The fourth-order valence-electron chi connectivity index (χ4n) is 3.24. The van der Waals surface area contributed by atoms with E-state index in [0.29, 0.717) is 11.1 Å². The number of hydrogen-bond donors (Lipinski definition) is 0. The average molecular weight is 315 g/mol. The monoisotopic (exact) mass is 315 g/mol. The lowest BCUT2D eigenvalue weighted by molar-refractivity contribution is 0.566. The fraction of sp³-hybridized carbons (Fsp3) is 0.0952. The highest BCUT2D eigenvalue weighted by Gasteiger charge is 2.19. The molecule has 4 aromatic rings. The predicted octanol–water partition coefficient (Wildman–Crippen LogP) is 4.68. The molecule has 0 atom stereocenters. The van der Waals surface area contributed by atoms with Crippen molar-refractivity contribution in [3.8, 4) is 11.1 Å². The molecule has 0 N–H and O–H groups in total. The van der Waals surface area contributed by atoms with E-state index in [1.165, 1.54) is 0 Å². The summed E-state index contributed by atoms with van der Waals surface area (Å²) in [5.74, 6) is 0. The van der Waals surface area contributed by atoms with E-state index in [1.807, 2.05) is 79.7 Å². The van der Waals surface area contributed by atoms with Gasteiger partial charge in [0.1, 0.15) is 5.58 Å². The van der Waals surface area contributed by atoms with Crippen molar-refractivity contribution in [1.82, 2.24) is 0 Å². The molecule has 0 spiro atoms. The summed E-state index contributed by atoms with van der Waals surface area (Å²) in [6, 6.07) is 21.7. The molecule has 0 saturated carbocycles. The van der Waals surface area contributed by atoms with Crippen molar-refractivity contribution < 1.29 is 4.42 Å². The molecule has 0 bridgehead atoms. The first-order chi connectivity index (χ1) is 11.7. The van der Waals surface area contributed by atoms with Gasteiger partial charge in [0.05, 0.1) is 11.3 Å². The standard InChI is InChI=1S/C21H17NO2/c1-22(2)19-17-13-12-14-8-6-7-11-16(14)20(17)24-21(23)18(19)15-9-4-3-5-10-15/h3-13H,1-2H3. The maximum Gasteiger partial charge on any atom is 0.346 e. The van der Waals surface area contributed by atoms with Crippen LogP contribution in [0.15, 0.2) is 75.9 Å². The lowest BCUT2D eigenvalue weighted by Crippen LogP contribution is -2.16. The maximum atomic E-state index is 12.8. The molecule has 0 amide bonds. The van der Waals surface area contributed by atoms with Crippen LogP contribution in [0.2, 0.25) is 0 Å². The minimum Gasteiger partial charge on any atom is -0.421 e. The summed E-state index contributed by atoms with van der Waals surface area (Å²) >= 11 is 0. The molecule has 0 aliphatic carbocycles. The molecule has 0 saturated heterocycles. The molecule has 4 rings (SSSR count). The van der Waals surface area contributed by atoms with Gasteiger partial charge in [-0.25, -0.2) is 4.79 Å². The van der Waals surface area contributed by atoms with E-state index < -0.39 is 0 Å². The van der Waals surface area contributed by atoms with Gasteiger partial charge in [0.15, 0.2) is 0 Å². The number of hydrogen-bond acceptors (Lipinski definition) is 3. The number of fused-ring (bicyclic) bond motifs is 3. The van der Waals surface area contributed by atoms with Crippen LogP contribution in [0.1, 0.15) is 0 Å². The van der Waals surface area contributed by atoms with Gasteiger partial charge in [0, 0.05) is 24.9 Å². The van der Waals surface area contributed by atoms with Gasteiger partial charge in [0.25, 0.3) is 0 Å². The molecule has 3 aromatic carbocycles. The predicted molar refractivity (Wildman–Crippen MR) is 99.8 cm³/mol. The van der Waals surface area contributed by atoms with Gasteiger partial charge in [-0.3, -0.25) is 0 Å². The summed E-state index contributed by atoms with van der Waals surface area (Å²) in [6.07, 6.45) is 0. The summed E-state index contributed by atoms with van der Waals surface area (Å²) in [5.41, 5.74) is 2.68. The van der Waals surface area contributed by atoms with Crippen molar-refractivity contribution in [2.75, 3.05) is 19.0 Å². The Hall–Kier alpha value is -3.07. The van der Waals surface area contributed by atoms with Crippen molar-refractivity contribution in [1.29, 1.82) is 0 Å². The molecule has 0 aliphatic heterocycles. The Morgan fingerprint density at radius 2 is 1.50 bits per heavy atom. The molecule has 0 fully saturated rings. The normalized spacial score (nSPS) is 11.1. The third kappa shape index (κ3) is 2.17. The quantitative estimate of drug-likeness (QED) is 0.398. The molecule has 1 aromatic heterocycles. The molecule has 1 heterocycles. The van der Waals surface area contributed by atoms with Gasteiger partial charge < -0.3 is 9.32 Å². The molecule has 24 heavy (non-hydrogen) atoms. The minimum atomic E-state index is -0.311. The first-order valence-electron chi connectivity index (χ1n) is 7.88. The first kappa shape index (κ1) is 14.5. The number of anilines is 1. The maximum absolute atomic E-state index is 12.8. The van der Waals surface area contributed by atoms with Gasteiger partial charge in [-0.05, 0) is 17.0 Å². The number of nitrogens with zero attached hydrogens (tertiary/aromatic N) is 1. The first-order valence-corrected chi connectivity index (χ1v) is 7.88. The summed E-state index contributed by atoms with van der Waals surface area (Å²) in [6.45, 7) is 0. The van der Waals surface area contributed by atoms with Crippen molar-refractivity contribution in [2.24, 2.45) is 0 Å². The van der Waals surface area contributed by atoms with Crippen molar-refractivity contribution in [3.63, 3.8) is 0 Å². The van der Waals surface area contributed by atoms with Gasteiger partial charge in [-0.15, -0.1) is 0 Å². The van der Waals surface area contributed by atoms with Gasteiger partial charge in [-0.1, -0.05) is 60.7 Å². The Balaban J connectivity index is 2.19. The molecular formula is C21H17NO2. The fourth-order valence-corrected chi connectivity index (χ4v) is 3.24. The Morgan fingerprint density at radius 1 is 0.792 bits per heavy atom. The van der Waals surface area contributed by atoms with Crippen LogP contribution in [0.4, 0.5) is 5.69 Å². The number of benzene rings is 3. The topological polar surface area (TPSA) is 33.5 Å². The highest BCUT2D eigenvalue weighted by atomic mass is 16.4. The van der Waals surface area contributed by atoms with Crippen LogP contribution in [0.3, 0.4) is 0 Å². The van der Waals surface area contributed by atoms with Crippen molar-refractivity contribution >= 4 is 27.4 Å². The third-order valence-electron chi connectivity index (χ3n) is 4.28. The third-order valence-corrected chi connectivity index (χ3v) is 4.28. The molecule has 3 nitrogen and oxygen atoms in total. The smallest absolute Gasteiger partial charge is 0.346 e. The summed E-state index contributed by atoms with van der Waals surface area (Å²) < 4.78 is 5.77. The molecule has 0 unspecified atom stereocenters. The van der Waals surface area contributed by atoms with Gasteiger partial charge in [-0.2, -0.15) is 0 Å². The average Bonchev–Trinajstić information content (AvgIpc) is 2.61. The van der Waals surface area contributed by atoms with Crippen molar-refractivity contribution in [2.45, 2.75) is 0 Å². The van der Waals surface area contributed by atoms with Crippen LogP contribution in [-0.4, -0.2) is 14.1 Å². The zero-order valence-corrected chi connectivity index (χ0v) is 13.6. The van der Waals surface area contributed by atoms with Crippen LogP contribution in [0.5, 0.6) is 0 Å². The Bertz CT molecular complexity index is 1100. The second-order valence-corrected chi connectivity index (χ2v) is 6.04. The lowest BCUT2D eigenvalue weighted by Gasteiger charge is -2.19. The Kier molecular flexibility index (Phi) is 3.35. The molecule has 3 heteroatoms. The van der Waals surface area contributed by atoms with Crippen LogP contribution >= 0.6 is 0 Å². The van der Waals surface area contributed by atoms with E-state index in [2.05, 4.69) is 6.07 Å². The van der Waals surface area contributed by atoms with Crippen LogP contribution in [0, 0.1) is 0 Å². The van der Waals surface area contributed by atoms with Gasteiger partial charge in [0.2, 0.25) is 0 Å². The largest absolute Gasteiger partial charge is 0.421 e. The summed E-state index contributed by atoms with van der Waals surface area (Å²) in [7, 11) is 3.91. The van der Waals surface area contributed by atoms with E-state index in [-0.39, 0.29) is 5.63 Å². The van der Waals surface area contributed by atoms with Crippen LogP contribution < -0.4 is 10.5 Å². The molecule has 0 radical (unpaired) electrons. The second kappa shape index (κ2) is 5.53. The lowest BCUT2D eigenvalue weighted by atomic mass is 10.00. The summed E-state index contributed by atoms with van der Waals surface area (Å²) in [5, 5.41) is 2.96. The van der Waals surface area contributed by atoms with E-state index in [0.717, 1.165) is 27.4 Å². The highest BCUT2D eigenvalue weighted by Crippen LogP contribution is 2.36. The van der Waals surface area contributed by atoms with Gasteiger partial charge >= 0.3 is 5.63 Å².